The van der Waals surface area contributed by atoms with Crippen LogP contribution in [0.5, 0.6) is 0 Å². The highest BCUT2D eigenvalue weighted by molar-refractivity contribution is 6.11. The van der Waals surface area contributed by atoms with Crippen LogP contribution >= 0.6 is 0 Å². The molecule has 32 heavy (non-hydrogen) atoms. The predicted octanol–water partition coefficient (Wildman–Crippen LogP) is 4.28. The average Bonchev–Trinajstić information content (AvgIpc) is 2.76. The molecule has 0 aliphatic heterocycles. The summed E-state index contributed by atoms with van der Waals surface area (Å²) in [5.41, 5.74) is 6.36. The molecule has 4 N–H and O–H groups in total. The van der Waals surface area contributed by atoms with Crippen LogP contribution in [0.15, 0.2) is 59.8 Å². The van der Waals surface area contributed by atoms with Gasteiger partial charge in [-0.3, -0.25) is 4.79 Å². The zero-order valence-corrected chi connectivity index (χ0v) is 16.2. The summed E-state index contributed by atoms with van der Waals surface area (Å²) < 4.78 is 41.7. The van der Waals surface area contributed by atoms with Crippen LogP contribution in [-0.4, -0.2) is 19.9 Å². The van der Waals surface area contributed by atoms with E-state index < -0.39 is 28.7 Å². The van der Waals surface area contributed by atoms with E-state index in [1.54, 1.807) is 36.7 Å². The lowest BCUT2D eigenvalue weighted by molar-refractivity contribution is 0.549. The fourth-order valence-corrected chi connectivity index (χ4v) is 3.50. The third-order valence-electron chi connectivity index (χ3n) is 4.97. The van der Waals surface area contributed by atoms with Crippen LogP contribution in [0.2, 0.25) is 0 Å². The van der Waals surface area contributed by atoms with Gasteiger partial charge in [0.05, 0.1) is 10.9 Å². The van der Waals surface area contributed by atoms with Gasteiger partial charge in [0.2, 0.25) is 5.95 Å². The third-order valence-corrected chi connectivity index (χ3v) is 4.97. The second-order valence-corrected chi connectivity index (χ2v) is 6.99. The van der Waals surface area contributed by atoms with Gasteiger partial charge in [-0.2, -0.15) is 0 Å². The molecule has 158 valence electrons. The largest absolute Gasteiger partial charge is 0.368 e. The molecule has 0 unspecified atom stereocenters. The molecule has 5 aromatic rings. The number of hydrogen-bond acceptors (Lipinski definition) is 6. The molecule has 0 radical (unpaired) electrons. The first-order chi connectivity index (χ1) is 15.4. The summed E-state index contributed by atoms with van der Waals surface area (Å²) in [5, 5.41) is 3.68. The molecule has 3 aromatic heterocycles. The van der Waals surface area contributed by atoms with Crippen LogP contribution in [-0.2, 0) is 0 Å². The lowest BCUT2D eigenvalue weighted by Crippen LogP contribution is -2.08. The molecular weight excluding hydrogens is 421 g/mol. The molecule has 0 atom stereocenters. The Kier molecular flexibility index (Phi) is 4.47. The Morgan fingerprint density at radius 3 is 2.34 bits per heavy atom. The van der Waals surface area contributed by atoms with Crippen molar-refractivity contribution in [1.82, 2.24) is 19.9 Å². The molecule has 0 saturated heterocycles. The molecule has 0 aliphatic rings. The van der Waals surface area contributed by atoms with E-state index in [9.17, 15) is 18.0 Å². The van der Waals surface area contributed by atoms with Crippen molar-refractivity contribution in [2.24, 2.45) is 0 Å². The van der Waals surface area contributed by atoms with E-state index in [2.05, 4.69) is 25.3 Å². The summed E-state index contributed by atoms with van der Waals surface area (Å²) in [4.78, 5) is 27.7. The topological polar surface area (TPSA) is 110 Å². The van der Waals surface area contributed by atoms with Crippen LogP contribution in [0.3, 0.4) is 0 Å². The number of nitrogens with two attached hydrogens (primary N) is 1. The number of anilines is 3. The molecule has 3 heterocycles. The molecular formula is C22H13F3N6O. The van der Waals surface area contributed by atoms with Crippen LogP contribution < -0.4 is 16.6 Å². The Balaban J connectivity index is 1.74. The third kappa shape index (κ3) is 3.27. The Labute approximate surface area is 177 Å². The molecule has 7 nitrogen and oxygen atoms in total. The van der Waals surface area contributed by atoms with Gasteiger partial charge in [-0.15, -0.1) is 0 Å². The Morgan fingerprint density at radius 2 is 1.62 bits per heavy atom. The van der Waals surface area contributed by atoms with Gasteiger partial charge in [-0.1, -0.05) is 6.07 Å². The van der Waals surface area contributed by atoms with Crippen LogP contribution in [0.4, 0.5) is 30.6 Å². The molecule has 0 spiro atoms. The van der Waals surface area contributed by atoms with Gasteiger partial charge in [-0.25, -0.2) is 28.1 Å². The normalized spacial score (nSPS) is 11.2. The van der Waals surface area contributed by atoms with Crippen LogP contribution in [0.1, 0.15) is 0 Å². The number of rotatable bonds is 3. The summed E-state index contributed by atoms with van der Waals surface area (Å²) in [6, 6.07) is 7.83. The van der Waals surface area contributed by atoms with Gasteiger partial charge in [0.15, 0.2) is 11.6 Å². The number of nitrogens with zero attached hydrogens (tertiary/aromatic N) is 3. The summed E-state index contributed by atoms with van der Waals surface area (Å²) in [7, 11) is 0. The fourth-order valence-electron chi connectivity index (χ4n) is 3.50. The highest BCUT2D eigenvalue weighted by Crippen LogP contribution is 2.33. The van der Waals surface area contributed by atoms with Crippen molar-refractivity contribution >= 4 is 39.1 Å². The minimum Gasteiger partial charge on any atom is -0.368 e. The summed E-state index contributed by atoms with van der Waals surface area (Å²) in [5.74, 6) is -3.11. The quantitative estimate of drug-likeness (QED) is 0.366. The number of nitrogen functional groups attached to an aromatic ring is 1. The van der Waals surface area contributed by atoms with Crippen molar-refractivity contribution in [3.63, 3.8) is 0 Å². The maximum atomic E-state index is 14.2. The molecule has 0 saturated carbocycles. The molecule has 0 fully saturated rings. The van der Waals surface area contributed by atoms with E-state index in [0.717, 1.165) is 5.56 Å². The van der Waals surface area contributed by atoms with Gasteiger partial charge >= 0.3 is 0 Å². The van der Waals surface area contributed by atoms with Gasteiger partial charge in [0.1, 0.15) is 17.3 Å². The van der Waals surface area contributed by atoms with Crippen molar-refractivity contribution < 1.29 is 13.2 Å². The van der Waals surface area contributed by atoms with Gasteiger partial charge in [0.25, 0.3) is 5.56 Å². The first kappa shape index (κ1) is 19.5. The number of pyridine rings is 2. The number of H-pyrrole nitrogens is 1. The SMILES string of the molecule is Nc1ncc(-c2ccc3nc(Nc4c(F)cc(F)cc4F)c4cc[nH]c(=O)c4c3c2)cn1. The smallest absolute Gasteiger partial charge is 0.256 e. The first-order valence-electron chi connectivity index (χ1n) is 9.35. The van der Waals surface area contributed by atoms with Crippen molar-refractivity contribution in [1.29, 1.82) is 0 Å². The number of nitrogens with one attached hydrogen (secondary N) is 2. The summed E-state index contributed by atoms with van der Waals surface area (Å²) in [6.45, 7) is 0. The van der Waals surface area contributed by atoms with E-state index >= 15 is 0 Å². The van der Waals surface area contributed by atoms with E-state index in [4.69, 9.17) is 5.73 Å². The number of benzene rings is 2. The Hall–Kier alpha value is -4.47. The zero-order valence-electron chi connectivity index (χ0n) is 16.2. The van der Waals surface area contributed by atoms with E-state index in [-0.39, 0.29) is 17.2 Å². The number of fused-ring (bicyclic) bond motifs is 3. The van der Waals surface area contributed by atoms with Gasteiger partial charge in [0, 0.05) is 47.1 Å². The number of hydrogen-bond donors (Lipinski definition) is 3. The van der Waals surface area contributed by atoms with E-state index in [1.807, 2.05) is 0 Å². The number of aromatic nitrogens is 4. The molecule has 0 amide bonds. The van der Waals surface area contributed by atoms with Crippen molar-refractivity contribution in [2.45, 2.75) is 0 Å². The molecule has 0 bridgehead atoms. The molecule has 2 aromatic carbocycles. The second-order valence-electron chi connectivity index (χ2n) is 6.99. The first-order valence-corrected chi connectivity index (χ1v) is 9.35. The minimum absolute atomic E-state index is 0.0478. The van der Waals surface area contributed by atoms with E-state index in [0.29, 0.717) is 34.0 Å². The zero-order chi connectivity index (χ0) is 22.4. The second kappa shape index (κ2) is 7.34. The van der Waals surface area contributed by atoms with Crippen molar-refractivity contribution in [2.75, 3.05) is 11.1 Å². The lowest BCUT2D eigenvalue weighted by Gasteiger charge is -2.13. The average molecular weight is 434 g/mol. The van der Waals surface area contributed by atoms with Crippen molar-refractivity contribution in [3.05, 3.63) is 82.8 Å². The maximum Gasteiger partial charge on any atom is 0.256 e. The fraction of sp³-hybridized carbons (Fsp3) is 0. The predicted molar refractivity (Wildman–Crippen MR) is 115 cm³/mol. The van der Waals surface area contributed by atoms with Crippen LogP contribution in [0.25, 0.3) is 32.8 Å². The Morgan fingerprint density at radius 1 is 0.906 bits per heavy atom. The standard InChI is InChI=1S/C22H13F3N6O/c23-12-6-15(24)19(16(25)7-12)31-20-13-3-4-27-21(32)18(13)14-5-10(1-2-17(14)30-20)11-8-28-22(26)29-9-11/h1-9H,(H,27,32)(H,30,31)(H2,26,28,29). The highest BCUT2D eigenvalue weighted by Gasteiger charge is 2.17. The minimum atomic E-state index is -1.12. The summed E-state index contributed by atoms with van der Waals surface area (Å²) >= 11 is 0. The van der Waals surface area contributed by atoms with Crippen molar-refractivity contribution in [3.8, 4) is 11.1 Å². The van der Waals surface area contributed by atoms with Gasteiger partial charge < -0.3 is 16.0 Å². The lowest BCUT2D eigenvalue weighted by atomic mass is 10.0. The molecule has 0 aliphatic carbocycles. The number of aromatic amines is 1. The molecule has 5 rings (SSSR count). The maximum absolute atomic E-state index is 14.2. The van der Waals surface area contributed by atoms with Crippen LogP contribution in [0, 0.1) is 17.5 Å². The monoisotopic (exact) mass is 434 g/mol. The highest BCUT2D eigenvalue weighted by atomic mass is 19.1. The van der Waals surface area contributed by atoms with E-state index in [1.165, 1.54) is 6.20 Å². The van der Waals surface area contributed by atoms with Gasteiger partial charge in [-0.05, 0) is 23.8 Å². The molecule has 10 heteroatoms. The number of halogens is 3. The summed E-state index contributed by atoms with van der Waals surface area (Å²) in [6.07, 6.45) is 4.51. The Bertz CT molecular complexity index is 1540.